The first kappa shape index (κ1) is 18.1. The Kier molecular flexibility index (Phi) is 5.84. The minimum absolute atomic E-state index is 0.0368. The number of aryl methyl sites for hydroxylation is 3. The molecule has 0 atom stereocenters. The summed E-state index contributed by atoms with van der Waals surface area (Å²) in [6.07, 6.45) is 1.61. The van der Waals surface area contributed by atoms with Crippen LogP contribution in [0.25, 0.3) is 0 Å². The summed E-state index contributed by atoms with van der Waals surface area (Å²) in [7, 11) is 0. The minimum atomic E-state index is -0.500. The Morgan fingerprint density at radius 3 is 2.36 bits per heavy atom. The van der Waals surface area contributed by atoms with Gasteiger partial charge in [-0.25, -0.2) is 5.43 Å². The Labute approximate surface area is 145 Å². The molecule has 0 spiro atoms. The van der Waals surface area contributed by atoms with Crippen LogP contribution in [-0.2, 0) is 4.79 Å². The second-order valence-corrected chi connectivity index (χ2v) is 5.65. The number of nitro groups is 1. The first-order chi connectivity index (χ1) is 11.9. The van der Waals surface area contributed by atoms with E-state index in [0.29, 0.717) is 5.75 Å². The van der Waals surface area contributed by atoms with Gasteiger partial charge in [0.1, 0.15) is 5.75 Å². The zero-order valence-corrected chi connectivity index (χ0v) is 14.3. The van der Waals surface area contributed by atoms with Gasteiger partial charge in [-0.2, -0.15) is 5.10 Å². The van der Waals surface area contributed by atoms with Gasteiger partial charge in [0.15, 0.2) is 6.61 Å². The van der Waals surface area contributed by atoms with E-state index >= 15 is 0 Å². The Morgan fingerprint density at radius 2 is 1.80 bits per heavy atom. The smallest absolute Gasteiger partial charge is 0.277 e. The maximum atomic E-state index is 11.7. The average Bonchev–Trinajstić information content (AvgIpc) is 2.55. The largest absolute Gasteiger partial charge is 0.484 e. The van der Waals surface area contributed by atoms with Gasteiger partial charge in [-0.1, -0.05) is 17.7 Å². The molecule has 0 aliphatic carbocycles. The molecular weight excluding hydrogens is 322 g/mol. The molecule has 0 saturated heterocycles. The van der Waals surface area contributed by atoms with Crippen molar-refractivity contribution in [3.63, 3.8) is 0 Å². The van der Waals surface area contributed by atoms with Crippen molar-refractivity contribution in [3.05, 3.63) is 68.8 Å². The van der Waals surface area contributed by atoms with Gasteiger partial charge in [0.2, 0.25) is 0 Å². The SMILES string of the molecule is Cc1cc(C)c(/C=N/NC(=O)COc2ccc([N+](=O)[O-])cc2)c(C)c1. The number of nitro benzene ring substituents is 1. The van der Waals surface area contributed by atoms with Crippen molar-refractivity contribution in [1.82, 2.24) is 5.43 Å². The predicted molar refractivity (Wildman–Crippen MR) is 95.0 cm³/mol. The van der Waals surface area contributed by atoms with Crippen LogP contribution in [0.1, 0.15) is 22.3 Å². The van der Waals surface area contributed by atoms with Crippen molar-refractivity contribution in [2.24, 2.45) is 5.10 Å². The molecule has 2 rings (SSSR count). The quantitative estimate of drug-likeness (QED) is 0.496. The third kappa shape index (κ3) is 5.13. The van der Waals surface area contributed by atoms with Crippen LogP contribution in [0.3, 0.4) is 0 Å². The van der Waals surface area contributed by atoms with Crippen LogP contribution in [-0.4, -0.2) is 23.7 Å². The minimum Gasteiger partial charge on any atom is -0.484 e. The molecule has 0 unspecified atom stereocenters. The van der Waals surface area contributed by atoms with Crippen LogP contribution in [0.4, 0.5) is 5.69 Å². The lowest BCUT2D eigenvalue weighted by atomic mass is 10.0. The highest BCUT2D eigenvalue weighted by Gasteiger charge is 2.06. The van der Waals surface area contributed by atoms with Gasteiger partial charge in [0, 0.05) is 17.7 Å². The molecule has 0 aromatic heterocycles. The Bertz CT molecular complexity index is 791. The molecule has 1 amide bonds. The molecule has 2 aromatic rings. The van der Waals surface area contributed by atoms with Gasteiger partial charge >= 0.3 is 0 Å². The molecule has 0 aliphatic heterocycles. The summed E-state index contributed by atoms with van der Waals surface area (Å²) < 4.78 is 5.26. The molecule has 0 aliphatic rings. The van der Waals surface area contributed by atoms with Gasteiger partial charge in [-0.05, 0) is 44.0 Å². The van der Waals surface area contributed by atoms with Gasteiger partial charge in [0.25, 0.3) is 11.6 Å². The molecule has 25 heavy (non-hydrogen) atoms. The number of nitrogens with one attached hydrogen (secondary N) is 1. The number of nitrogens with zero attached hydrogens (tertiary/aromatic N) is 2. The fourth-order valence-corrected chi connectivity index (χ4v) is 2.41. The fraction of sp³-hybridized carbons (Fsp3) is 0.222. The second kappa shape index (κ2) is 8.05. The van der Waals surface area contributed by atoms with E-state index in [2.05, 4.69) is 10.5 Å². The topological polar surface area (TPSA) is 93.8 Å². The molecular formula is C18H19N3O4. The normalized spacial score (nSPS) is 10.7. The van der Waals surface area contributed by atoms with Gasteiger partial charge < -0.3 is 4.74 Å². The molecule has 0 saturated carbocycles. The summed E-state index contributed by atoms with van der Waals surface area (Å²) in [5.74, 6) is -0.0491. The maximum absolute atomic E-state index is 11.7. The lowest BCUT2D eigenvalue weighted by Gasteiger charge is -2.07. The van der Waals surface area contributed by atoms with Crippen molar-refractivity contribution < 1.29 is 14.5 Å². The van der Waals surface area contributed by atoms with E-state index in [1.54, 1.807) is 6.21 Å². The zero-order chi connectivity index (χ0) is 18.4. The number of amides is 1. The number of carbonyl (C=O) groups is 1. The van der Waals surface area contributed by atoms with Gasteiger partial charge in [-0.15, -0.1) is 0 Å². The second-order valence-electron chi connectivity index (χ2n) is 5.65. The number of benzene rings is 2. The average molecular weight is 341 g/mol. The number of hydrazone groups is 1. The number of ether oxygens (including phenoxy) is 1. The summed E-state index contributed by atoms with van der Waals surface area (Å²) in [6, 6.07) is 9.60. The van der Waals surface area contributed by atoms with E-state index in [-0.39, 0.29) is 12.3 Å². The summed E-state index contributed by atoms with van der Waals surface area (Å²) in [6.45, 7) is 5.76. The van der Waals surface area contributed by atoms with Crippen LogP contribution in [0.5, 0.6) is 5.75 Å². The van der Waals surface area contributed by atoms with Crippen LogP contribution < -0.4 is 10.2 Å². The third-order valence-electron chi connectivity index (χ3n) is 3.54. The molecule has 1 N–H and O–H groups in total. The summed E-state index contributed by atoms with van der Waals surface area (Å²) in [5.41, 5.74) is 6.66. The Hall–Kier alpha value is -3.22. The highest BCUT2D eigenvalue weighted by molar-refractivity contribution is 5.85. The summed E-state index contributed by atoms with van der Waals surface area (Å²) in [4.78, 5) is 21.8. The Balaban J connectivity index is 1.87. The predicted octanol–water partition coefficient (Wildman–Crippen LogP) is 3.05. The van der Waals surface area contributed by atoms with Crippen LogP contribution in [0.15, 0.2) is 41.5 Å². The van der Waals surface area contributed by atoms with E-state index in [0.717, 1.165) is 16.7 Å². The highest BCUT2D eigenvalue weighted by atomic mass is 16.6. The van der Waals surface area contributed by atoms with E-state index in [1.807, 2.05) is 32.9 Å². The fourth-order valence-electron chi connectivity index (χ4n) is 2.41. The molecule has 0 bridgehead atoms. The van der Waals surface area contributed by atoms with E-state index < -0.39 is 10.8 Å². The Morgan fingerprint density at radius 1 is 1.20 bits per heavy atom. The number of carbonyl (C=O) groups excluding carboxylic acids is 1. The molecule has 0 radical (unpaired) electrons. The van der Waals surface area contributed by atoms with Crippen LogP contribution in [0.2, 0.25) is 0 Å². The van der Waals surface area contributed by atoms with Crippen molar-refractivity contribution in [1.29, 1.82) is 0 Å². The van der Waals surface area contributed by atoms with Crippen LogP contribution in [0, 0.1) is 30.9 Å². The first-order valence-electron chi connectivity index (χ1n) is 7.64. The van der Waals surface area contributed by atoms with Crippen molar-refractivity contribution in [2.75, 3.05) is 6.61 Å². The van der Waals surface area contributed by atoms with E-state index in [1.165, 1.54) is 29.8 Å². The lowest BCUT2D eigenvalue weighted by Crippen LogP contribution is -2.24. The number of hydrogen-bond donors (Lipinski definition) is 1. The molecule has 2 aromatic carbocycles. The van der Waals surface area contributed by atoms with Gasteiger partial charge in [-0.3, -0.25) is 14.9 Å². The summed E-state index contributed by atoms with van der Waals surface area (Å²) in [5, 5.41) is 14.5. The molecule has 0 fully saturated rings. The first-order valence-corrected chi connectivity index (χ1v) is 7.64. The zero-order valence-electron chi connectivity index (χ0n) is 14.3. The lowest BCUT2D eigenvalue weighted by molar-refractivity contribution is -0.384. The van der Waals surface area contributed by atoms with E-state index in [4.69, 9.17) is 4.74 Å². The standard InChI is InChI=1S/C18H19N3O4/c1-12-8-13(2)17(14(3)9-12)10-19-20-18(22)11-25-16-6-4-15(5-7-16)21(23)24/h4-10H,11H2,1-3H3,(H,20,22)/b19-10+. The number of non-ortho nitro benzene ring substituents is 1. The summed E-state index contributed by atoms with van der Waals surface area (Å²) >= 11 is 0. The number of rotatable bonds is 6. The van der Waals surface area contributed by atoms with E-state index in [9.17, 15) is 14.9 Å². The van der Waals surface area contributed by atoms with Crippen molar-refractivity contribution in [3.8, 4) is 5.75 Å². The monoisotopic (exact) mass is 341 g/mol. The van der Waals surface area contributed by atoms with Crippen LogP contribution >= 0.6 is 0 Å². The molecule has 130 valence electrons. The molecule has 7 heteroatoms. The van der Waals surface area contributed by atoms with Crippen molar-refractivity contribution in [2.45, 2.75) is 20.8 Å². The van der Waals surface area contributed by atoms with Gasteiger partial charge in [0.05, 0.1) is 11.1 Å². The maximum Gasteiger partial charge on any atom is 0.277 e. The number of hydrogen-bond acceptors (Lipinski definition) is 5. The highest BCUT2D eigenvalue weighted by Crippen LogP contribution is 2.17. The van der Waals surface area contributed by atoms with Crippen molar-refractivity contribution >= 4 is 17.8 Å². The third-order valence-corrected chi connectivity index (χ3v) is 3.54. The molecule has 7 nitrogen and oxygen atoms in total. The molecule has 0 heterocycles.